The van der Waals surface area contributed by atoms with E-state index in [0.717, 1.165) is 35.5 Å². The summed E-state index contributed by atoms with van der Waals surface area (Å²) in [6.07, 6.45) is 1.55. The molecule has 0 fully saturated rings. The Hall–Kier alpha value is -2.71. The number of aryl methyl sites for hydroxylation is 2. The van der Waals surface area contributed by atoms with Crippen molar-refractivity contribution in [3.05, 3.63) is 64.4 Å². The number of halogens is 1. The van der Waals surface area contributed by atoms with E-state index in [1.165, 1.54) is 11.8 Å². The van der Waals surface area contributed by atoms with Gasteiger partial charge in [-0.05, 0) is 35.7 Å². The van der Waals surface area contributed by atoms with Gasteiger partial charge in [0.15, 0.2) is 5.82 Å². The van der Waals surface area contributed by atoms with Crippen LogP contribution in [0.5, 0.6) is 5.75 Å². The van der Waals surface area contributed by atoms with Crippen LogP contribution in [0, 0.1) is 0 Å². The molecular formula is C22H24ClN5O2S. The second-order valence-electron chi connectivity index (χ2n) is 7.13. The van der Waals surface area contributed by atoms with Crippen molar-refractivity contribution in [2.75, 3.05) is 17.9 Å². The molecule has 3 aromatic rings. The van der Waals surface area contributed by atoms with E-state index in [1.54, 1.807) is 7.11 Å². The van der Waals surface area contributed by atoms with Crippen LogP contribution in [0.1, 0.15) is 36.8 Å². The molecule has 1 aliphatic rings. The van der Waals surface area contributed by atoms with Crippen molar-refractivity contribution in [1.29, 1.82) is 0 Å². The van der Waals surface area contributed by atoms with Gasteiger partial charge in [-0.3, -0.25) is 4.79 Å². The Bertz CT molecular complexity index is 1100. The molecule has 0 unspecified atom stereocenters. The van der Waals surface area contributed by atoms with Gasteiger partial charge in [-0.2, -0.15) is 0 Å². The summed E-state index contributed by atoms with van der Waals surface area (Å²) >= 11 is 7.78. The van der Waals surface area contributed by atoms with Crippen molar-refractivity contribution < 1.29 is 9.53 Å². The van der Waals surface area contributed by atoms with Gasteiger partial charge in [-0.1, -0.05) is 61.5 Å². The maximum absolute atomic E-state index is 13.4. The third kappa shape index (κ3) is 4.22. The zero-order chi connectivity index (χ0) is 22.0. The first-order chi connectivity index (χ1) is 15.0. The molecule has 1 aromatic heterocycles. The van der Waals surface area contributed by atoms with Crippen LogP contribution >= 0.6 is 23.4 Å². The average Bonchev–Trinajstić information content (AvgIpc) is 3.20. The Morgan fingerprint density at radius 1 is 1.23 bits per heavy atom. The van der Waals surface area contributed by atoms with Gasteiger partial charge >= 0.3 is 0 Å². The smallest absolute Gasteiger partial charge is 0.240 e. The van der Waals surface area contributed by atoms with Crippen molar-refractivity contribution in [3.8, 4) is 5.75 Å². The SMILES string of the molecule is CCc1ccccc1NC(=O)[C@H]1Sc2nnc(CC)n2N[C@H]1c1ccc(OC)c(Cl)c1. The number of anilines is 1. The number of para-hydroxylation sites is 1. The Balaban J connectivity index is 1.70. The van der Waals surface area contributed by atoms with Crippen LogP contribution in [0.4, 0.5) is 5.69 Å². The number of hydrogen-bond acceptors (Lipinski definition) is 6. The molecule has 1 aliphatic heterocycles. The summed E-state index contributed by atoms with van der Waals surface area (Å²) in [7, 11) is 1.58. The Morgan fingerprint density at radius 3 is 2.74 bits per heavy atom. The summed E-state index contributed by atoms with van der Waals surface area (Å²) in [5.41, 5.74) is 6.22. The monoisotopic (exact) mass is 457 g/mol. The molecule has 2 N–H and O–H groups in total. The van der Waals surface area contributed by atoms with E-state index in [4.69, 9.17) is 16.3 Å². The molecule has 0 spiro atoms. The standard InChI is InChI=1S/C22H24ClN5O2S/c1-4-13-8-6-7-9-16(13)24-21(29)20-19(14-10-11-17(30-3)15(23)12-14)27-28-18(5-2)25-26-22(28)31-20/h6-12,19-20,27H,4-5H2,1-3H3,(H,24,29)/t19-,20-/m0/s1. The summed E-state index contributed by atoms with van der Waals surface area (Å²) < 4.78 is 7.14. The molecule has 1 amide bonds. The van der Waals surface area contributed by atoms with Gasteiger partial charge in [0.2, 0.25) is 11.1 Å². The van der Waals surface area contributed by atoms with Crippen LogP contribution in [0.2, 0.25) is 5.02 Å². The molecule has 162 valence electrons. The molecule has 0 bridgehead atoms. The van der Waals surface area contributed by atoms with Crippen molar-refractivity contribution in [3.63, 3.8) is 0 Å². The minimum atomic E-state index is -0.476. The van der Waals surface area contributed by atoms with E-state index in [2.05, 4.69) is 27.9 Å². The molecule has 9 heteroatoms. The second-order valence-corrected chi connectivity index (χ2v) is 8.64. The number of nitrogens with one attached hydrogen (secondary N) is 2. The third-order valence-electron chi connectivity index (χ3n) is 5.27. The number of thioether (sulfide) groups is 1. The first kappa shape index (κ1) is 21.5. The highest BCUT2D eigenvalue weighted by atomic mass is 35.5. The third-order valence-corrected chi connectivity index (χ3v) is 6.78. The predicted molar refractivity (Wildman–Crippen MR) is 124 cm³/mol. The largest absolute Gasteiger partial charge is 0.495 e. The van der Waals surface area contributed by atoms with E-state index in [-0.39, 0.29) is 11.9 Å². The first-order valence-electron chi connectivity index (χ1n) is 10.1. The van der Waals surface area contributed by atoms with E-state index >= 15 is 0 Å². The lowest BCUT2D eigenvalue weighted by Crippen LogP contribution is -2.41. The maximum Gasteiger partial charge on any atom is 0.240 e. The molecule has 7 nitrogen and oxygen atoms in total. The zero-order valence-electron chi connectivity index (χ0n) is 17.6. The number of rotatable bonds is 6. The van der Waals surface area contributed by atoms with Gasteiger partial charge < -0.3 is 15.5 Å². The van der Waals surface area contributed by atoms with Crippen molar-refractivity contribution in [1.82, 2.24) is 14.9 Å². The highest BCUT2D eigenvalue weighted by Gasteiger charge is 2.38. The molecule has 31 heavy (non-hydrogen) atoms. The summed E-state index contributed by atoms with van der Waals surface area (Å²) in [5, 5.41) is 12.3. The fraction of sp³-hybridized carbons (Fsp3) is 0.318. The first-order valence-corrected chi connectivity index (χ1v) is 11.4. The Morgan fingerprint density at radius 2 is 2.03 bits per heavy atom. The highest BCUT2D eigenvalue weighted by molar-refractivity contribution is 8.00. The number of ether oxygens (including phenoxy) is 1. The average molecular weight is 458 g/mol. The lowest BCUT2D eigenvalue weighted by Gasteiger charge is -2.33. The quantitative estimate of drug-likeness (QED) is 0.568. The minimum Gasteiger partial charge on any atom is -0.495 e. The number of aromatic nitrogens is 3. The lowest BCUT2D eigenvalue weighted by atomic mass is 10.0. The van der Waals surface area contributed by atoms with E-state index < -0.39 is 5.25 Å². The molecule has 0 saturated carbocycles. The maximum atomic E-state index is 13.4. The van der Waals surface area contributed by atoms with Crippen LogP contribution in [0.15, 0.2) is 47.6 Å². The fourth-order valence-corrected chi connectivity index (χ4v) is 4.97. The van der Waals surface area contributed by atoms with Crippen molar-refractivity contribution in [2.24, 2.45) is 0 Å². The number of methoxy groups -OCH3 is 1. The number of fused-ring (bicyclic) bond motifs is 1. The van der Waals surface area contributed by atoms with Crippen molar-refractivity contribution in [2.45, 2.75) is 43.1 Å². The molecule has 0 radical (unpaired) electrons. The van der Waals surface area contributed by atoms with Crippen molar-refractivity contribution >= 4 is 35.0 Å². The van der Waals surface area contributed by atoms with Crippen LogP contribution in [0.25, 0.3) is 0 Å². The van der Waals surface area contributed by atoms with Gasteiger partial charge in [0.1, 0.15) is 11.0 Å². The van der Waals surface area contributed by atoms with Crippen LogP contribution in [-0.2, 0) is 17.6 Å². The number of carbonyl (C=O) groups excluding carboxylic acids is 1. The fourth-order valence-electron chi connectivity index (χ4n) is 3.61. The number of carbonyl (C=O) groups is 1. The highest BCUT2D eigenvalue weighted by Crippen LogP contribution is 2.39. The predicted octanol–water partition coefficient (Wildman–Crippen LogP) is 4.46. The topological polar surface area (TPSA) is 81.1 Å². The minimum absolute atomic E-state index is 0.109. The summed E-state index contributed by atoms with van der Waals surface area (Å²) in [6.45, 7) is 4.09. The Labute approximate surface area is 190 Å². The van der Waals surface area contributed by atoms with Gasteiger partial charge in [0.05, 0.1) is 18.2 Å². The normalized spacial score (nSPS) is 17.5. The summed E-state index contributed by atoms with van der Waals surface area (Å²) in [5.74, 6) is 1.29. The summed E-state index contributed by atoms with van der Waals surface area (Å²) in [6, 6.07) is 13.1. The van der Waals surface area contributed by atoms with Gasteiger partial charge in [-0.15, -0.1) is 10.2 Å². The molecule has 2 atom stereocenters. The van der Waals surface area contributed by atoms with Crippen LogP contribution in [-0.4, -0.2) is 33.1 Å². The second kappa shape index (κ2) is 9.20. The summed E-state index contributed by atoms with van der Waals surface area (Å²) in [4.78, 5) is 13.4. The van der Waals surface area contributed by atoms with Gasteiger partial charge in [-0.25, -0.2) is 4.68 Å². The van der Waals surface area contributed by atoms with Crippen LogP contribution in [0.3, 0.4) is 0 Å². The molecule has 2 heterocycles. The lowest BCUT2D eigenvalue weighted by molar-refractivity contribution is -0.116. The van der Waals surface area contributed by atoms with Crippen LogP contribution < -0.4 is 15.5 Å². The number of hydrogen-bond donors (Lipinski definition) is 2. The molecule has 0 aliphatic carbocycles. The molecule has 0 saturated heterocycles. The zero-order valence-corrected chi connectivity index (χ0v) is 19.1. The van der Waals surface area contributed by atoms with Gasteiger partial charge in [0, 0.05) is 12.1 Å². The van der Waals surface area contributed by atoms with E-state index in [1.807, 2.05) is 54.1 Å². The van der Waals surface area contributed by atoms with E-state index in [0.29, 0.717) is 15.9 Å². The number of nitrogens with zero attached hydrogens (tertiary/aromatic N) is 3. The molecule has 4 rings (SSSR count). The molecule has 2 aromatic carbocycles. The van der Waals surface area contributed by atoms with E-state index in [9.17, 15) is 4.79 Å². The Kier molecular flexibility index (Phi) is 6.38. The molecular weight excluding hydrogens is 434 g/mol. The van der Waals surface area contributed by atoms with Gasteiger partial charge in [0.25, 0.3) is 0 Å². The number of amides is 1. The number of benzene rings is 2.